The molecular weight excluding hydrogens is 158 g/mol. The van der Waals surface area contributed by atoms with Crippen LogP contribution in [0.4, 0.5) is 0 Å². The molecule has 0 saturated carbocycles. The van der Waals surface area contributed by atoms with Crippen LogP contribution in [0.1, 0.15) is 13.8 Å². The third-order valence-electron chi connectivity index (χ3n) is 1.00. The summed E-state index contributed by atoms with van der Waals surface area (Å²) >= 11 is 0. The van der Waals surface area contributed by atoms with Gasteiger partial charge in [0, 0.05) is 18.2 Å². The van der Waals surface area contributed by atoms with E-state index >= 15 is 0 Å². The number of ether oxygens (including phenoxy) is 1. The summed E-state index contributed by atoms with van der Waals surface area (Å²) in [7, 11) is 1.26. The monoisotopic (exact) mass is 171 g/mol. The van der Waals surface area contributed by atoms with E-state index in [2.05, 4.69) is 10.1 Å². The zero-order chi connectivity index (χ0) is 9.56. The van der Waals surface area contributed by atoms with Crippen LogP contribution in [-0.2, 0) is 14.3 Å². The maximum absolute atomic E-state index is 10.9. The summed E-state index contributed by atoms with van der Waals surface area (Å²) in [5.41, 5.74) is 0. The highest BCUT2D eigenvalue weighted by Crippen LogP contribution is 1.81. The summed E-state index contributed by atoms with van der Waals surface area (Å²) in [6.07, 6.45) is 2.23. The van der Waals surface area contributed by atoms with Crippen LogP contribution in [0.25, 0.3) is 0 Å². The Kier molecular flexibility index (Phi) is 4.76. The van der Waals surface area contributed by atoms with Crippen LogP contribution in [0.2, 0.25) is 0 Å². The van der Waals surface area contributed by atoms with E-state index in [4.69, 9.17) is 0 Å². The van der Waals surface area contributed by atoms with Gasteiger partial charge in [-0.1, -0.05) is 0 Å². The molecule has 12 heavy (non-hydrogen) atoms. The first-order valence-electron chi connectivity index (χ1n) is 3.62. The van der Waals surface area contributed by atoms with Crippen molar-refractivity contribution in [3.8, 4) is 0 Å². The van der Waals surface area contributed by atoms with Gasteiger partial charge in [0.05, 0.1) is 7.11 Å². The van der Waals surface area contributed by atoms with Gasteiger partial charge in [0.2, 0.25) is 5.91 Å². The Balaban J connectivity index is 3.83. The minimum atomic E-state index is -0.533. The van der Waals surface area contributed by atoms with E-state index in [1.807, 2.05) is 13.8 Å². The second-order valence-corrected chi connectivity index (χ2v) is 2.52. The summed E-state index contributed by atoms with van der Waals surface area (Å²) in [6, 6.07) is 0.0693. The van der Waals surface area contributed by atoms with Crippen LogP contribution in [0.15, 0.2) is 12.2 Å². The van der Waals surface area contributed by atoms with Gasteiger partial charge < -0.3 is 10.1 Å². The van der Waals surface area contributed by atoms with Crippen molar-refractivity contribution in [2.45, 2.75) is 19.9 Å². The van der Waals surface area contributed by atoms with Crippen LogP contribution in [0.5, 0.6) is 0 Å². The van der Waals surface area contributed by atoms with Crippen molar-refractivity contribution in [2.75, 3.05) is 7.11 Å². The van der Waals surface area contributed by atoms with Crippen LogP contribution in [0, 0.1) is 0 Å². The number of hydrogen-bond acceptors (Lipinski definition) is 3. The predicted molar refractivity (Wildman–Crippen MR) is 44.4 cm³/mol. The molecule has 0 bridgehead atoms. The first-order chi connectivity index (χ1) is 5.56. The average molecular weight is 171 g/mol. The highest BCUT2D eigenvalue weighted by Gasteiger charge is 1.98. The normalized spacial score (nSPS) is 10.3. The van der Waals surface area contributed by atoms with Gasteiger partial charge in [-0.15, -0.1) is 0 Å². The number of amides is 1. The highest BCUT2D eigenvalue weighted by molar-refractivity contribution is 5.94. The van der Waals surface area contributed by atoms with Gasteiger partial charge in [-0.05, 0) is 13.8 Å². The van der Waals surface area contributed by atoms with E-state index in [0.29, 0.717) is 0 Å². The van der Waals surface area contributed by atoms with Gasteiger partial charge in [-0.2, -0.15) is 0 Å². The molecule has 4 nitrogen and oxygen atoms in total. The van der Waals surface area contributed by atoms with Crippen molar-refractivity contribution in [3.05, 3.63) is 12.2 Å². The molecule has 68 valence electrons. The molecule has 0 atom stereocenters. The van der Waals surface area contributed by atoms with E-state index in [1.165, 1.54) is 7.11 Å². The first-order valence-corrected chi connectivity index (χ1v) is 3.62. The first kappa shape index (κ1) is 10.7. The molecule has 0 unspecified atom stereocenters. The number of carbonyl (C=O) groups excluding carboxylic acids is 2. The number of nitrogens with one attached hydrogen (secondary N) is 1. The molecule has 0 aromatic carbocycles. The van der Waals surface area contributed by atoms with E-state index in [-0.39, 0.29) is 11.9 Å². The minimum Gasteiger partial charge on any atom is -0.466 e. The molecule has 0 heterocycles. The lowest BCUT2D eigenvalue weighted by Gasteiger charge is -2.03. The molecule has 0 aliphatic carbocycles. The summed E-state index contributed by atoms with van der Waals surface area (Å²) in [5.74, 6) is -0.829. The van der Waals surface area contributed by atoms with Crippen molar-refractivity contribution < 1.29 is 14.3 Å². The zero-order valence-corrected chi connectivity index (χ0v) is 7.46. The van der Waals surface area contributed by atoms with Crippen molar-refractivity contribution >= 4 is 11.9 Å². The minimum absolute atomic E-state index is 0.0693. The number of rotatable bonds is 3. The maximum Gasteiger partial charge on any atom is 0.330 e. The van der Waals surface area contributed by atoms with Gasteiger partial charge in [-0.25, -0.2) is 4.79 Å². The molecule has 0 aromatic rings. The molecule has 0 aliphatic rings. The predicted octanol–water partition coefficient (Wildman–Crippen LogP) is 0.240. The summed E-state index contributed by atoms with van der Waals surface area (Å²) in [5, 5.41) is 2.59. The lowest BCUT2D eigenvalue weighted by molar-refractivity contribution is -0.135. The molecule has 0 spiro atoms. The number of carbonyl (C=O) groups is 2. The molecule has 1 amide bonds. The van der Waals surface area contributed by atoms with Gasteiger partial charge in [0.15, 0.2) is 0 Å². The van der Waals surface area contributed by atoms with Gasteiger partial charge in [0.1, 0.15) is 0 Å². The van der Waals surface area contributed by atoms with Gasteiger partial charge in [-0.3, -0.25) is 4.79 Å². The molecule has 0 aliphatic heterocycles. The van der Waals surface area contributed by atoms with E-state index < -0.39 is 5.97 Å². The largest absolute Gasteiger partial charge is 0.466 e. The van der Waals surface area contributed by atoms with E-state index in [0.717, 1.165) is 12.2 Å². The summed E-state index contributed by atoms with van der Waals surface area (Å²) < 4.78 is 4.30. The molecule has 0 radical (unpaired) electrons. The van der Waals surface area contributed by atoms with Crippen molar-refractivity contribution in [2.24, 2.45) is 0 Å². The maximum atomic E-state index is 10.9. The topological polar surface area (TPSA) is 55.4 Å². The van der Waals surface area contributed by atoms with E-state index in [1.54, 1.807) is 0 Å². The Morgan fingerprint density at radius 3 is 2.33 bits per heavy atom. The van der Waals surface area contributed by atoms with Crippen LogP contribution in [-0.4, -0.2) is 25.0 Å². The average Bonchev–Trinajstić information content (AvgIpc) is 1.99. The number of hydrogen-bond donors (Lipinski definition) is 1. The van der Waals surface area contributed by atoms with Gasteiger partial charge in [0.25, 0.3) is 0 Å². The fraction of sp³-hybridized carbons (Fsp3) is 0.500. The third kappa shape index (κ3) is 5.46. The summed E-state index contributed by atoms with van der Waals surface area (Å²) in [6.45, 7) is 3.67. The second-order valence-electron chi connectivity index (χ2n) is 2.52. The number of methoxy groups -OCH3 is 1. The van der Waals surface area contributed by atoms with E-state index in [9.17, 15) is 9.59 Å². The SMILES string of the molecule is COC(=O)/C=C\C(=O)NC(C)C. The quantitative estimate of drug-likeness (QED) is 0.489. The molecular formula is C8H13NO3. The zero-order valence-electron chi connectivity index (χ0n) is 7.46. The molecule has 0 saturated heterocycles. The standard InChI is InChI=1S/C8H13NO3/c1-6(2)9-7(10)4-5-8(11)12-3/h4-6H,1-3H3,(H,9,10)/b5-4-. The van der Waals surface area contributed by atoms with Crippen LogP contribution < -0.4 is 5.32 Å². The lowest BCUT2D eigenvalue weighted by atomic mass is 10.4. The Bertz CT molecular complexity index is 196. The number of esters is 1. The Hall–Kier alpha value is -1.32. The smallest absolute Gasteiger partial charge is 0.330 e. The Labute approximate surface area is 71.6 Å². The van der Waals surface area contributed by atoms with Crippen molar-refractivity contribution in [1.82, 2.24) is 5.32 Å². The van der Waals surface area contributed by atoms with Crippen LogP contribution >= 0.6 is 0 Å². The molecule has 0 rings (SSSR count). The molecule has 0 aromatic heterocycles. The molecule has 1 N–H and O–H groups in total. The molecule has 0 fully saturated rings. The van der Waals surface area contributed by atoms with Crippen LogP contribution in [0.3, 0.4) is 0 Å². The Morgan fingerprint density at radius 1 is 1.33 bits per heavy atom. The summed E-state index contributed by atoms with van der Waals surface area (Å²) in [4.78, 5) is 21.4. The van der Waals surface area contributed by atoms with Crippen molar-refractivity contribution in [3.63, 3.8) is 0 Å². The van der Waals surface area contributed by atoms with Gasteiger partial charge >= 0.3 is 5.97 Å². The Morgan fingerprint density at radius 2 is 1.92 bits per heavy atom. The lowest BCUT2D eigenvalue weighted by Crippen LogP contribution is -2.28. The highest BCUT2D eigenvalue weighted by atomic mass is 16.5. The molecule has 4 heteroatoms. The third-order valence-corrected chi connectivity index (χ3v) is 1.00. The van der Waals surface area contributed by atoms with Crippen molar-refractivity contribution in [1.29, 1.82) is 0 Å². The second kappa shape index (κ2) is 5.35. The fourth-order valence-electron chi connectivity index (χ4n) is 0.544. The fourth-order valence-corrected chi connectivity index (χ4v) is 0.544.